The van der Waals surface area contributed by atoms with E-state index in [1.807, 2.05) is 73.7 Å². The highest BCUT2D eigenvalue weighted by atomic mass is 32.2. The summed E-state index contributed by atoms with van der Waals surface area (Å²) < 4.78 is 39.3. The number of sulfonamides is 1. The van der Waals surface area contributed by atoms with E-state index in [0.717, 1.165) is 40.9 Å². The number of anilines is 2. The van der Waals surface area contributed by atoms with Crippen molar-refractivity contribution in [1.82, 2.24) is 9.29 Å². The van der Waals surface area contributed by atoms with Gasteiger partial charge < -0.3 is 19.7 Å². The number of aryl methyl sites for hydroxylation is 1. The van der Waals surface area contributed by atoms with E-state index in [1.54, 1.807) is 18.3 Å². The van der Waals surface area contributed by atoms with E-state index in [-0.39, 0.29) is 17.6 Å². The van der Waals surface area contributed by atoms with Gasteiger partial charge in [-0.2, -0.15) is 4.31 Å². The van der Waals surface area contributed by atoms with E-state index in [4.69, 9.17) is 9.47 Å². The van der Waals surface area contributed by atoms with Crippen molar-refractivity contribution in [2.24, 2.45) is 0 Å². The average molecular weight is 597 g/mol. The van der Waals surface area contributed by atoms with Gasteiger partial charge in [-0.1, -0.05) is 30.3 Å². The first-order valence-corrected chi connectivity index (χ1v) is 15.9. The molecular weight excluding hydrogens is 564 g/mol. The largest absolute Gasteiger partial charge is 0.454 e. The minimum Gasteiger partial charge on any atom is -0.454 e. The lowest BCUT2D eigenvalue weighted by Gasteiger charge is -2.34. The van der Waals surface area contributed by atoms with Crippen LogP contribution in [0, 0.1) is 6.92 Å². The summed E-state index contributed by atoms with van der Waals surface area (Å²) in [7, 11) is -3.63. The molecule has 3 aromatic carbocycles. The predicted molar refractivity (Wildman–Crippen MR) is 164 cm³/mol. The van der Waals surface area contributed by atoms with Crippen LogP contribution in [0.3, 0.4) is 0 Å². The number of carbonyl (C=O) groups is 1. The molecule has 1 aliphatic carbocycles. The van der Waals surface area contributed by atoms with Crippen LogP contribution in [0.2, 0.25) is 0 Å². The van der Waals surface area contributed by atoms with Gasteiger partial charge in [0, 0.05) is 38.1 Å². The standard InChI is InChI=1S/C33H32N4O5S/c1-23-5-9-26(35-32(38)33(13-14-33)25-8-12-29-30(20-25)42-22-41-29)21-28(23)24-6-10-27(11-7-24)43(39,40)37-18-16-36(17-19-37)31-4-2-3-15-34-31/h2-12,15,20-21H,13-14,16-19,22H2,1H3,(H,35,38). The number of benzene rings is 3. The maximum absolute atomic E-state index is 13.5. The zero-order valence-electron chi connectivity index (χ0n) is 23.8. The zero-order valence-corrected chi connectivity index (χ0v) is 24.6. The van der Waals surface area contributed by atoms with Crippen LogP contribution in [0.25, 0.3) is 11.1 Å². The van der Waals surface area contributed by atoms with E-state index in [9.17, 15) is 13.2 Å². The Hall–Kier alpha value is -4.41. The molecular formula is C33H32N4O5S. The van der Waals surface area contributed by atoms with Gasteiger partial charge in [0.2, 0.25) is 22.7 Å². The summed E-state index contributed by atoms with van der Waals surface area (Å²) in [6, 6.07) is 24.3. The number of aromatic nitrogens is 1. The topological polar surface area (TPSA) is 101 Å². The van der Waals surface area contributed by atoms with Gasteiger partial charge in [0.1, 0.15) is 5.82 Å². The minimum absolute atomic E-state index is 0.0502. The normalized spacial score (nSPS) is 17.5. The number of hydrogen-bond donors (Lipinski definition) is 1. The van der Waals surface area contributed by atoms with E-state index >= 15 is 0 Å². The lowest BCUT2D eigenvalue weighted by atomic mass is 9.94. The second-order valence-corrected chi connectivity index (χ2v) is 13.2. The number of carbonyl (C=O) groups excluding carboxylic acids is 1. The number of hydrogen-bond acceptors (Lipinski definition) is 7. The molecule has 7 rings (SSSR count). The first-order chi connectivity index (χ1) is 20.8. The number of nitrogens with one attached hydrogen (secondary N) is 1. The van der Waals surface area contributed by atoms with Gasteiger partial charge in [-0.25, -0.2) is 13.4 Å². The number of ether oxygens (including phenoxy) is 2. The molecule has 4 aromatic rings. The monoisotopic (exact) mass is 596 g/mol. The quantitative estimate of drug-likeness (QED) is 0.322. The molecule has 0 atom stereocenters. The fourth-order valence-corrected chi connectivity index (χ4v) is 7.30. The van der Waals surface area contributed by atoms with E-state index < -0.39 is 15.4 Å². The van der Waals surface area contributed by atoms with Crippen molar-refractivity contribution >= 4 is 27.4 Å². The minimum atomic E-state index is -3.63. The van der Waals surface area contributed by atoms with Crippen LogP contribution >= 0.6 is 0 Å². The van der Waals surface area contributed by atoms with Crippen LogP contribution in [0.15, 0.2) is 90.0 Å². The number of amides is 1. The fourth-order valence-electron chi connectivity index (χ4n) is 5.88. The van der Waals surface area contributed by atoms with Crippen molar-refractivity contribution in [3.63, 3.8) is 0 Å². The molecule has 1 saturated heterocycles. The molecule has 1 saturated carbocycles. The van der Waals surface area contributed by atoms with Crippen LogP contribution in [-0.4, -0.2) is 56.6 Å². The third-order valence-electron chi connectivity index (χ3n) is 8.62. The summed E-state index contributed by atoms with van der Waals surface area (Å²) in [6.07, 6.45) is 3.28. The molecule has 10 heteroatoms. The van der Waals surface area contributed by atoms with Gasteiger partial charge in [0.25, 0.3) is 0 Å². The molecule has 0 unspecified atom stereocenters. The molecule has 2 aliphatic heterocycles. The Morgan fingerprint density at radius 3 is 2.37 bits per heavy atom. The van der Waals surface area contributed by atoms with Gasteiger partial charge in [-0.05, 0) is 90.6 Å². The Bertz CT molecular complexity index is 1780. The summed E-state index contributed by atoms with van der Waals surface area (Å²) in [6.45, 7) is 4.16. The Labute approximate surface area is 251 Å². The highest BCUT2D eigenvalue weighted by molar-refractivity contribution is 7.89. The Morgan fingerprint density at radius 1 is 0.884 bits per heavy atom. The Balaban J connectivity index is 1.05. The fraction of sp³-hybridized carbons (Fsp3) is 0.273. The van der Waals surface area contributed by atoms with Crippen LogP contribution in [0.4, 0.5) is 11.5 Å². The third kappa shape index (κ3) is 5.10. The number of nitrogens with zero attached hydrogens (tertiary/aromatic N) is 3. The maximum Gasteiger partial charge on any atom is 0.243 e. The van der Waals surface area contributed by atoms with Crippen molar-refractivity contribution in [3.05, 3.63) is 96.2 Å². The number of pyridine rings is 1. The number of piperazine rings is 1. The van der Waals surface area contributed by atoms with Crippen molar-refractivity contribution in [1.29, 1.82) is 0 Å². The maximum atomic E-state index is 13.5. The SMILES string of the molecule is Cc1ccc(NC(=O)C2(c3ccc4c(c3)OCO4)CC2)cc1-c1ccc(S(=O)(=O)N2CCN(c3ccccn3)CC2)cc1. The van der Waals surface area contributed by atoms with Crippen molar-refractivity contribution in [2.45, 2.75) is 30.1 Å². The lowest BCUT2D eigenvalue weighted by molar-refractivity contribution is -0.118. The van der Waals surface area contributed by atoms with Gasteiger partial charge >= 0.3 is 0 Å². The molecule has 1 amide bonds. The molecule has 3 heterocycles. The third-order valence-corrected chi connectivity index (χ3v) is 10.5. The van der Waals surface area contributed by atoms with Crippen LogP contribution in [0.1, 0.15) is 24.0 Å². The van der Waals surface area contributed by atoms with Gasteiger partial charge in [0.05, 0.1) is 10.3 Å². The predicted octanol–water partition coefficient (Wildman–Crippen LogP) is 4.97. The summed E-state index contributed by atoms with van der Waals surface area (Å²) in [4.78, 5) is 20.2. The highest BCUT2D eigenvalue weighted by Crippen LogP contribution is 2.51. The van der Waals surface area contributed by atoms with Crippen LogP contribution in [0.5, 0.6) is 11.5 Å². The van der Waals surface area contributed by atoms with Gasteiger partial charge in [-0.15, -0.1) is 0 Å². The molecule has 3 aliphatic rings. The van der Waals surface area contributed by atoms with Crippen LogP contribution in [-0.2, 0) is 20.2 Å². The lowest BCUT2D eigenvalue weighted by Crippen LogP contribution is -2.48. The van der Waals surface area contributed by atoms with Crippen molar-refractivity contribution in [3.8, 4) is 22.6 Å². The summed E-state index contributed by atoms with van der Waals surface area (Å²) in [5, 5.41) is 3.12. The van der Waals surface area contributed by atoms with Gasteiger partial charge in [-0.3, -0.25) is 4.79 Å². The first kappa shape index (κ1) is 27.4. The molecule has 1 aromatic heterocycles. The second-order valence-electron chi connectivity index (χ2n) is 11.2. The Morgan fingerprint density at radius 2 is 1.65 bits per heavy atom. The summed E-state index contributed by atoms with van der Waals surface area (Å²) in [5.41, 5.74) is 3.88. The molecule has 1 N–H and O–H groups in total. The van der Waals surface area contributed by atoms with Crippen molar-refractivity contribution < 1.29 is 22.7 Å². The molecule has 220 valence electrons. The Kier molecular flexibility index (Phi) is 6.82. The first-order valence-electron chi connectivity index (χ1n) is 14.4. The summed E-state index contributed by atoms with van der Waals surface area (Å²) >= 11 is 0. The number of rotatable bonds is 7. The summed E-state index contributed by atoms with van der Waals surface area (Å²) in [5.74, 6) is 2.18. The van der Waals surface area contributed by atoms with E-state index in [1.165, 1.54) is 4.31 Å². The smallest absolute Gasteiger partial charge is 0.243 e. The van der Waals surface area contributed by atoms with Crippen molar-refractivity contribution in [2.75, 3.05) is 43.2 Å². The molecule has 9 nitrogen and oxygen atoms in total. The second kappa shape index (κ2) is 10.7. The van der Waals surface area contributed by atoms with E-state index in [2.05, 4.69) is 15.2 Å². The molecule has 43 heavy (non-hydrogen) atoms. The molecule has 2 fully saturated rings. The average Bonchev–Trinajstić information content (AvgIpc) is 3.73. The zero-order chi connectivity index (χ0) is 29.6. The van der Waals surface area contributed by atoms with Crippen LogP contribution < -0.4 is 19.7 Å². The number of fused-ring (bicyclic) bond motifs is 1. The molecule has 0 spiro atoms. The van der Waals surface area contributed by atoms with E-state index in [0.29, 0.717) is 43.4 Å². The highest BCUT2D eigenvalue weighted by Gasteiger charge is 2.51. The molecule has 0 bridgehead atoms. The van der Waals surface area contributed by atoms with Gasteiger partial charge in [0.15, 0.2) is 11.5 Å². The molecule has 0 radical (unpaired) electrons.